The Hall–Kier alpha value is -1.59. The highest BCUT2D eigenvalue weighted by molar-refractivity contribution is 9.10. The number of hydrogen-bond acceptors (Lipinski definition) is 2. The summed E-state index contributed by atoms with van der Waals surface area (Å²) in [4.78, 5) is 3.25. The number of hydrogen-bond donors (Lipinski definition) is 1. The van der Waals surface area contributed by atoms with Crippen LogP contribution in [0.15, 0.2) is 46.9 Å². The summed E-state index contributed by atoms with van der Waals surface area (Å²) in [6.07, 6.45) is 0.876. The van der Waals surface area contributed by atoms with E-state index in [0.717, 1.165) is 39.0 Å². The number of rotatable bonds is 4. The van der Waals surface area contributed by atoms with Crippen LogP contribution in [0.1, 0.15) is 5.56 Å². The van der Waals surface area contributed by atoms with Gasteiger partial charge in [0.05, 0.1) is 18.1 Å². The fourth-order valence-electron chi connectivity index (χ4n) is 2.50. The summed E-state index contributed by atoms with van der Waals surface area (Å²) in [5.74, 6) is 0.923. The molecule has 3 nitrogen and oxygen atoms in total. The van der Waals surface area contributed by atoms with Gasteiger partial charge in [-0.2, -0.15) is 0 Å². The van der Waals surface area contributed by atoms with E-state index in [-0.39, 0.29) is 0 Å². The third kappa shape index (κ3) is 2.89. The molecule has 3 rings (SSSR count). The number of benzene rings is 2. The summed E-state index contributed by atoms with van der Waals surface area (Å²) in [5.41, 5.74) is 3.36. The van der Waals surface area contributed by atoms with Gasteiger partial charge in [-0.05, 0) is 48.5 Å². The van der Waals surface area contributed by atoms with Gasteiger partial charge in [-0.15, -0.1) is 0 Å². The molecule has 1 N–H and O–H groups in total. The van der Waals surface area contributed by atoms with Crippen molar-refractivity contribution < 1.29 is 4.74 Å². The Bertz CT molecular complexity index is 838. The van der Waals surface area contributed by atoms with Gasteiger partial charge in [-0.3, -0.25) is 0 Å². The number of aromatic nitrogens is 2. The van der Waals surface area contributed by atoms with E-state index >= 15 is 0 Å². The Morgan fingerprint density at radius 1 is 1.24 bits per heavy atom. The number of ether oxygens (including phenoxy) is 1. The molecule has 0 unspecified atom stereocenters. The SMILES string of the molecule is COc1ccccc1CCn1c(=S)[nH]c2cc(Br)ccc21. The first-order valence-electron chi connectivity index (χ1n) is 6.69. The highest BCUT2D eigenvalue weighted by atomic mass is 79.9. The first-order valence-corrected chi connectivity index (χ1v) is 7.89. The van der Waals surface area contributed by atoms with E-state index in [2.05, 4.69) is 37.6 Å². The molecule has 1 aromatic heterocycles. The largest absolute Gasteiger partial charge is 0.496 e. The molecule has 0 fully saturated rings. The normalized spacial score (nSPS) is 11.0. The quantitative estimate of drug-likeness (QED) is 0.681. The number of aromatic amines is 1. The molecule has 0 atom stereocenters. The number of imidazole rings is 1. The van der Waals surface area contributed by atoms with Crippen LogP contribution in [0.25, 0.3) is 11.0 Å². The van der Waals surface area contributed by atoms with Crippen molar-refractivity contribution in [1.82, 2.24) is 9.55 Å². The zero-order valence-corrected chi connectivity index (χ0v) is 14.0. The third-order valence-corrected chi connectivity index (χ3v) is 4.35. The molecular weight excluding hydrogens is 348 g/mol. The van der Waals surface area contributed by atoms with Crippen LogP contribution in [-0.2, 0) is 13.0 Å². The standard InChI is InChI=1S/C16H15BrN2OS/c1-20-15-5-3-2-4-11(15)8-9-19-14-7-6-12(17)10-13(14)18-16(19)21/h2-7,10H,8-9H2,1H3,(H,18,21). The van der Waals surface area contributed by atoms with Gasteiger partial charge in [-0.25, -0.2) is 0 Å². The Kier molecular flexibility index (Phi) is 4.12. The molecule has 21 heavy (non-hydrogen) atoms. The second kappa shape index (κ2) is 6.03. The number of para-hydroxylation sites is 1. The van der Waals surface area contributed by atoms with Crippen molar-refractivity contribution in [2.24, 2.45) is 0 Å². The Morgan fingerprint density at radius 3 is 2.86 bits per heavy atom. The van der Waals surface area contributed by atoms with Gasteiger partial charge >= 0.3 is 0 Å². The molecule has 108 valence electrons. The van der Waals surface area contributed by atoms with Crippen LogP contribution in [0, 0.1) is 4.77 Å². The van der Waals surface area contributed by atoms with Gasteiger partial charge in [0.15, 0.2) is 4.77 Å². The summed E-state index contributed by atoms with van der Waals surface area (Å²) >= 11 is 8.91. The minimum atomic E-state index is 0.748. The molecule has 0 aliphatic heterocycles. The predicted molar refractivity (Wildman–Crippen MR) is 91.5 cm³/mol. The molecule has 0 saturated heterocycles. The van der Waals surface area contributed by atoms with Gasteiger partial charge < -0.3 is 14.3 Å². The van der Waals surface area contributed by atoms with Crippen LogP contribution in [0.2, 0.25) is 0 Å². The molecular formula is C16H15BrN2OS. The maximum absolute atomic E-state index is 5.43. The molecule has 1 heterocycles. The number of nitrogens with one attached hydrogen (secondary N) is 1. The molecule has 0 radical (unpaired) electrons. The molecule has 0 bridgehead atoms. The summed E-state index contributed by atoms with van der Waals surface area (Å²) in [6.45, 7) is 0.820. The average Bonchev–Trinajstić information content (AvgIpc) is 2.80. The van der Waals surface area contributed by atoms with Crippen molar-refractivity contribution in [3.8, 4) is 5.75 Å². The van der Waals surface area contributed by atoms with E-state index in [1.54, 1.807) is 7.11 Å². The van der Waals surface area contributed by atoms with Crippen LogP contribution >= 0.6 is 28.1 Å². The fourth-order valence-corrected chi connectivity index (χ4v) is 3.16. The maximum atomic E-state index is 5.43. The van der Waals surface area contributed by atoms with E-state index in [1.807, 2.05) is 30.3 Å². The van der Waals surface area contributed by atoms with Gasteiger partial charge in [0.25, 0.3) is 0 Å². The molecule has 0 aliphatic rings. The number of halogens is 1. The lowest BCUT2D eigenvalue weighted by Crippen LogP contribution is -2.02. The van der Waals surface area contributed by atoms with Crippen LogP contribution in [0.4, 0.5) is 0 Å². The summed E-state index contributed by atoms with van der Waals surface area (Å²) in [7, 11) is 1.70. The van der Waals surface area contributed by atoms with Crippen molar-refractivity contribution in [2.45, 2.75) is 13.0 Å². The van der Waals surface area contributed by atoms with Crippen LogP contribution in [0.3, 0.4) is 0 Å². The van der Waals surface area contributed by atoms with E-state index in [1.165, 1.54) is 5.56 Å². The number of fused-ring (bicyclic) bond motifs is 1. The van der Waals surface area contributed by atoms with Gasteiger partial charge in [0.2, 0.25) is 0 Å². The molecule has 0 amide bonds. The van der Waals surface area contributed by atoms with E-state index in [4.69, 9.17) is 17.0 Å². The van der Waals surface area contributed by atoms with Gasteiger partial charge in [-0.1, -0.05) is 34.1 Å². The lowest BCUT2D eigenvalue weighted by atomic mass is 10.1. The van der Waals surface area contributed by atoms with Crippen LogP contribution in [-0.4, -0.2) is 16.7 Å². The third-order valence-electron chi connectivity index (χ3n) is 3.53. The van der Waals surface area contributed by atoms with Crippen molar-refractivity contribution in [2.75, 3.05) is 7.11 Å². The van der Waals surface area contributed by atoms with E-state index in [9.17, 15) is 0 Å². The van der Waals surface area contributed by atoms with Crippen molar-refractivity contribution in [3.63, 3.8) is 0 Å². The monoisotopic (exact) mass is 362 g/mol. The molecule has 0 saturated carbocycles. The van der Waals surface area contributed by atoms with Crippen LogP contribution in [0.5, 0.6) is 5.75 Å². The number of nitrogens with zero attached hydrogens (tertiary/aromatic N) is 1. The van der Waals surface area contributed by atoms with Gasteiger partial charge in [0, 0.05) is 11.0 Å². The topological polar surface area (TPSA) is 29.9 Å². The second-order valence-electron chi connectivity index (χ2n) is 4.81. The minimum absolute atomic E-state index is 0.748. The van der Waals surface area contributed by atoms with Crippen molar-refractivity contribution in [3.05, 3.63) is 57.3 Å². The number of H-pyrrole nitrogens is 1. The smallest absolute Gasteiger partial charge is 0.178 e. The molecule has 0 spiro atoms. The summed E-state index contributed by atoms with van der Waals surface area (Å²) in [6, 6.07) is 14.2. The number of methoxy groups -OCH3 is 1. The lowest BCUT2D eigenvalue weighted by Gasteiger charge is -2.09. The predicted octanol–water partition coefficient (Wildman–Crippen LogP) is 4.71. The van der Waals surface area contributed by atoms with E-state index in [0.29, 0.717) is 0 Å². The van der Waals surface area contributed by atoms with Crippen molar-refractivity contribution in [1.29, 1.82) is 0 Å². The molecule has 2 aromatic carbocycles. The van der Waals surface area contributed by atoms with Crippen LogP contribution < -0.4 is 4.74 Å². The first-order chi connectivity index (χ1) is 10.2. The Morgan fingerprint density at radius 2 is 2.05 bits per heavy atom. The molecule has 3 aromatic rings. The van der Waals surface area contributed by atoms with Gasteiger partial charge in [0.1, 0.15) is 5.75 Å². The number of aryl methyl sites for hydroxylation is 2. The highest BCUT2D eigenvalue weighted by Crippen LogP contribution is 2.22. The fraction of sp³-hybridized carbons (Fsp3) is 0.188. The second-order valence-corrected chi connectivity index (χ2v) is 6.11. The molecule has 0 aliphatic carbocycles. The zero-order valence-electron chi connectivity index (χ0n) is 11.6. The lowest BCUT2D eigenvalue weighted by molar-refractivity contribution is 0.408. The zero-order chi connectivity index (χ0) is 14.8. The van der Waals surface area contributed by atoms with Crippen molar-refractivity contribution >= 4 is 39.2 Å². The molecule has 5 heteroatoms. The Balaban J connectivity index is 1.92. The van der Waals surface area contributed by atoms with E-state index < -0.39 is 0 Å². The Labute approximate surface area is 136 Å². The highest BCUT2D eigenvalue weighted by Gasteiger charge is 2.07. The average molecular weight is 363 g/mol. The minimum Gasteiger partial charge on any atom is -0.496 e. The summed E-state index contributed by atoms with van der Waals surface area (Å²) in [5, 5.41) is 0. The maximum Gasteiger partial charge on any atom is 0.178 e. The first kappa shape index (κ1) is 14.4. The summed E-state index contributed by atoms with van der Waals surface area (Å²) < 4.78 is 9.32.